The van der Waals surface area contributed by atoms with Crippen LogP contribution in [-0.2, 0) is 0 Å². The summed E-state index contributed by atoms with van der Waals surface area (Å²) in [6, 6.07) is 9.91. The Morgan fingerprint density at radius 3 is 2.70 bits per heavy atom. The van der Waals surface area contributed by atoms with Crippen molar-refractivity contribution in [3.05, 3.63) is 41.6 Å². The number of aromatic nitrogens is 1. The molecule has 4 nitrogen and oxygen atoms in total. The monoisotopic (exact) mass is 309 g/mol. The fraction of sp³-hybridized carbons (Fsp3) is 0.474. The third-order valence-corrected chi connectivity index (χ3v) is 5.31. The summed E-state index contributed by atoms with van der Waals surface area (Å²) >= 11 is 0. The summed E-state index contributed by atoms with van der Waals surface area (Å²) in [5.74, 6) is 0.527. The third kappa shape index (κ3) is 2.72. The topological polar surface area (TPSA) is 68.0 Å². The average molecular weight is 309 g/mol. The van der Waals surface area contributed by atoms with E-state index < -0.39 is 0 Å². The van der Waals surface area contributed by atoms with Gasteiger partial charge in [-0.2, -0.15) is 0 Å². The number of hydrogen-bond donors (Lipinski definition) is 2. The Balaban J connectivity index is 1.73. The molecule has 120 valence electrons. The molecule has 3 N–H and O–H groups in total. The third-order valence-electron chi connectivity index (χ3n) is 5.31. The quantitative estimate of drug-likeness (QED) is 0.912. The number of carbonyl (C=O) groups is 1. The number of pyridine rings is 1. The van der Waals surface area contributed by atoms with Gasteiger partial charge in [-0.05, 0) is 37.8 Å². The van der Waals surface area contributed by atoms with Crippen molar-refractivity contribution in [1.29, 1.82) is 0 Å². The molecule has 0 saturated heterocycles. The van der Waals surface area contributed by atoms with Gasteiger partial charge in [-0.25, -0.2) is 0 Å². The lowest BCUT2D eigenvalue weighted by Crippen LogP contribution is -2.51. The number of nitrogens with one attached hydrogen (secondary N) is 1. The molecule has 0 radical (unpaired) electrons. The minimum Gasteiger partial charge on any atom is -0.345 e. The second kappa shape index (κ2) is 5.60. The van der Waals surface area contributed by atoms with Crippen LogP contribution in [-0.4, -0.2) is 23.0 Å². The standard InChI is InChI=1S/C19H23N3O/c20-12-19(9-3-4-10-19)22-18(23)15-11-17(13-7-8-13)21-16-6-2-1-5-14(15)16/h1-2,5-6,11,13H,3-4,7-10,12,20H2,(H,22,23). The lowest BCUT2D eigenvalue weighted by Gasteiger charge is -2.29. The zero-order chi connectivity index (χ0) is 15.9. The lowest BCUT2D eigenvalue weighted by molar-refractivity contribution is 0.0904. The van der Waals surface area contributed by atoms with Gasteiger partial charge in [0.15, 0.2) is 0 Å². The summed E-state index contributed by atoms with van der Waals surface area (Å²) in [6.07, 6.45) is 6.60. The minimum absolute atomic E-state index is 0.00199. The van der Waals surface area contributed by atoms with E-state index in [9.17, 15) is 4.79 Å². The van der Waals surface area contributed by atoms with Crippen molar-refractivity contribution >= 4 is 16.8 Å². The van der Waals surface area contributed by atoms with Crippen molar-refractivity contribution in [2.24, 2.45) is 5.73 Å². The van der Waals surface area contributed by atoms with Gasteiger partial charge < -0.3 is 11.1 Å². The molecule has 2 aliphatic carbocycles. The number of benzene rings is 1. The predicted octanol–water partition coefficient (Wildman–Crippen LogP) is 3.11. The summed E-state index contributed by atoms with van der Waals surface area (Å²) < 4.78 is 0. The maximum Gasteiger partial charge on any atom is 0.252 e. The highest BCUT2D eigenvalue weighted by molar-refractivity contribution is 6.06. The molecule has 0 aliphatic heterocycles. The summed E-state index contributed by atoms with van der Waals surface area (Å²) in [4.78, 5) is 17.7. The van der Waals surface area contributed by atoms with Gasteiger partial charge in [-0.15, -0.1) is 0 Å². The van der Waals surface area contributed by atoms with E-state index in [1.165, 1.54) is 12.8 Å². The Kier molecular flexibility index (Phi) is 3.57. The molecular weight excluding hydrogens is 286 g/mol. The Bertz CT molecular complexity index is 745. The molecule has 0 spiro atoms. The normalized spacial score (nSPS) is 19.9. The first-order valence-corrected chi connectivity index (χ1v) is 8.63. The second-order valence-corrected chi connectivity index (χ2v) is 7.03. The van der Waals surface area contributed by atoms with Gasteiger partial charge >= 0.3 is 0 Å². The van der Waals surface area contributed by atoms with Crippen LogP contribution in [0.25, 0.3) is 10.9 Å². The summed E-state index contributed by atoms with van der Waals surface area (Å²) in [7, 11) is 0. The molecule has 4 heteroatoms. The van der Waals surface area contributed by atoms with Gasteiger partial charge in [0.2, 0.25) is 0 Å². The molecule has 1 aromatic heterocycles. The van der Waals surface area contributed by atoms with Crippen LogP contribution >= 0.6 is 0 Å². The van der Waals surface area contributed by atoms with E-state index in [1.807, 2.05) is 30.3 Å². The average Bonchev–Trinajstić information content (AvgIpc) is 3.34. The van der Waals surface area contributed by atoms with Crippen LogP contribution in [0.4, 0.5) is 0 Å². The molecule has 2 saturated carbocycles. The van der Waals surface area contributed by atoms with Crippen LogP contribution in [0.2, 0.25) is 0 Å². The van der Waals surface area contributed by atoms with Gasteiger partial charge in [0.05, 0.1) is 16.6 Å². The Morgan fingerprint density at radius 1 is 1.26 bits per heavy atom. The van der Waals surface area contributed by atoms with Crippen LogP contribution in [0, 0.1) is 0 Å². The number of nitrogens with zero attached hydrogens (tertiary/aromatic N) is 1. The van der Waals surface area contributed by atoms with Crippen molar-refractivity contribution in [1.82, 2.24) is 10.3 Å². The number of para-hydroxylation sites is 1. The van der Waals surface area contributed by atoms with E-state index in [2.05, 4.69) is 5.32 Å². The summed E-state index contributed by atoms with van der Waals surface area (Å²) in [6.45, 7) is 0.511. The van der Waals surface area contributed by atoms with Crippen LogP contribution in [0.1, 0.15) is 60.5 Å². The highest BCUT2D eigenvalue weighted by Crippen LogP contribution is 2.40. The van der Waals surface area contributed by atoms with E-state index in [0.717, 1.165) is 47.8 Å². The molecule has 1 aromatic carbocycles. The number of fused-ring (bicyclic) bond motifs is 1. The smallest absolute Gasteiger partial charge is 0.252 e. The number of hydrogen-bond acceptors (Lipinski definition) is 3. The van der Waals surface area contributed by atoms with Gasteiger partial charge in [0.25, 0.3) is 5.91 Å². The Labute approximate surface area is 136 Å². The Hall–Kier alpha value is -1.94. The number of rotatable bonds is 4. The molecule has 4 rings (SSSR count). The van der Waals surface area contributed by atoms with Gasteiger partial charge in [-0.3, -0.25) is 9.78 Å². The fourth-order valence-corrected chi connectivity index (χ4v) is 3.71. The second-order valence-electron chi connectivity index (χ2n) is 7.03. The van der Waals surface area contributed by atoms with E-state index in [4.69, 9.17) is 10.7 Å². The highest BCUT2D eigenvalue weighted by atomic mass is 16.1. The summed E-state index contributed by atoms with van der Waals surface area (Å²) in [5.41, 5.74) is 8.47. The Morgan fingerprint density at radius 2 is 2.00 bits per heavy atom. The van der Waals surface area contributed by atoms with E-state index >= 15 is 0 Å². The summed E-state index contributed by atoms with van der Waals surface area (Å²) in [5, 5.41) is 4.18. The molecule has 0 bridgehead atoms. The van der Waals surface area contributed by atoms with E-state index in [-0.39, 0.29) is 11.4 Å². The van der Waals surface area contributed by atoms with Crippen LogP contribution in [0.5, 0.6) is 0 Å². The van der Waals surface area contributed by atoms with Crippen molar-refractivity contribution < 1.29 is 4.79 Å². The maximum absolute atomic E-state index is 13.0. The number of amides is 1. The zero-order valence-electron chi connectivity index (χ0n) is 13.3. The molecule has 2 aromatic rings. The predicted molar refractivity (Wildman–Crippen MR) is 91.4 cm³/mol. The zero-order valence-corrected chi connectivity index (χ0v) is 13.3. The first-order valence-electron chi connectivity index (χ1n) is 8.63. The van der Waals surface area contributed by atoms with Gasteiger partial charge in [0, 0.05) is 23.5 Å². The van der Waals surface area contributed by atoms with Crippen molar-refractivity contribution in [2.75, 3.05) is 6.54 Å². The number of carbonyl (C=O) groups excluding carboxylic acids is 1. The SMILES string of the molecule is NCC1(NC(=O)c2cc(C3CC3)nc3ccccc23)CCCC1. The lowest BCUT2D eigenvalue weighted by atomic mass is 9.96. The molecule has 0 atom stereocenters. The molecule has 0 unspecified atom stereocenters. The van der Waals surface area contributed by atoms with E-state index in [1.54, 1.807) is 0 Å². The van der Waals surface area contributed by atoms with Crippen LogP contribution in [0.3, 0.4) is 0 Å². The largest absolute Gasteiger partial charge is 0.345 e. The van der Waals surface area contributed by atoms with Crippen molar-refractivity contribution in [3.8, 4) is 0 Å². The van der Waals surface area contributed by atoms with Gasteiger partial charge in [-0.1, -0.05) is 31.0 Å². The van der Waals surface area contributed by atoms with Crippen molar-refractivity contribution in [2.45, 2.75) is 50.0 Å². The number of nitrogens with two attached hydrogens (primary N) is 1. The first-order chi connectivity index (χ1) is 11.2. The van der Waals surface area contributed by atoms with Crippen molar-refractivity contribution in [3.63, 3.8) is 0 Å². The molecule has 1 amide bonds. The van der Waals surface area contributed by atoms with Gasteiger partial charge in [0.1, 0.15) is 0 Å². The molecule has 1 heterocycles. The molecule has 2 aliphatic rings. The molecular formula is C19H23N3O. The maximum atomic E-state index is 13.0. The molecule has 2 fully saturated rings. The van der Waals surface area contributed by atoms with E-state index in [0.29, 0.717) is 12.5 Å². The minimum atomic E-state index is -0.221. The van der Waals surface area contributed by atoms with Crippen LogP contribution in [0.15, 0.2) is 30.3 Å². The molecule has 23 heavy (non-hydrogen) atoms. The highest BCUT2D eigenvalue weighted by Gasteiger charge is 2.35. The fourth-order valence-electron chi connectivity index (χ4n) is 3.71. The first kappa shape index (κ1) is 14.6. The van der Waals surface area contributed by atoms with Crippen LogP contribution < -0.4 is 11.1 Å².